The average Bonchev–Trinajstić information content (AvgIpc) is 3.37. The second kappa shape index (κ2) is 7.72. The molecule has 6 heteroatoms. The van der Waals surface area contributed by atoms with Crippen LogP contribution in [0.2, 0.25) is 0 Å². The van der Waals surface area contributed by atoms with Crippen LogP contribution in [0.4, 0.5) is 5.69 Å². The number of carbonyl (C=O) groups is 2. The Kier molecular flexibility index (Phi) is 4.98. The first-order chi connectivity index (χ1) is 13.2. The van der Waals surface area contributed by atoms with Crippen LogP contribution in [0.15, 0.2) is 76.2 Å². The standard InChI is InChI=1S/C21H18N2O3S/c24-20(17-5-3-11-26-17)23-16-9-7-14(8-10-16)13-22-21(25)19-12-15-4-1-2-6-18(15)27-19/h1-11,19H,12-13H2,(H,22,25)(H,23,24). The number of anilines is 1. The van der Waals surface area contributed by atoms with Crippen LogP contribution in [0.5, 0.6) is 0 Å². The van der Waals surface area contributed by atoms with Crippen LogP contribution in [0.25, 0.3) is 0 Å². The lowest BCUT2D eigenvalue weighted by molar-refractivity contribution is -0.120. The average molecular weight is 378 g/mol. The summed E-state index contributed by atoms with van der Waals surface area (Å²) < 4.78 is 5.07. The van der Waals surface area contributed by atoms with E-state index in [4.69, 9.17) is 4.42 Å². The number of thioether (sulfide) groups is 1. The van der Waals surface area contributed by atoms with Crippen LogP contribution in [-0.2, 0) is 17.8 Å². The summed E-state index contributed by atoms with van der Waals surface area (Å²) in [5.74, 6) is 0.0201. The first kappa shape index (κ1) is 17.4. The number of carbonyl (C=O) groups excluding carboxylic acids is 2. The first-order valence-corrected chi connectivity index (χ1v) is 9.53. The monoisotopic (exact) mass is 378 g/mol. The van der Waals surface area contributed by atoms with E-state index in [-0.39, 0.29) is 22.8 Å². The second-order valence-corrected chi connectivity index (χ2v) is 7.51. The van der Waals surface area contributed by atoms with Gasteiger partial charge in [0.15, 0.2) is 5.76 Å². The second-order valence-electron chi connectivity index (χ2n) is 6.26. The molecule has 1 atom stereocenters. The van der Waals surface area contributed by atoms with Gasteiger partial charge >= 0.3 is 0 Å². The molecule has 5 nitrogen and oxygen atoms in total. The molecule has 0 spiro atoms. The summed E-state index contributed by atoms with van der Waals surface area (Å²) >= 11 is 1.62. The highest BCUT2D eigenvalue weighted by Gasteiger charge is 2.27. The van der Waals surface area contributed by atoms with Gasteiger partial charge in [0.25, 0.3) is 5.91 Å². The van der Waals surface area contributed by atoms with Crippen molar-refractivity contribution < 1.29 is 14.0 Å². The fraction of sp³-hybridized carbons (Fsp3) is 0.143. The van der Waals surface area contributed by atoms with Gasteiger partial charge in [-0.05, 0) is 47.9 Å². The molecule has 0 aliphatic carbocycles. The van der Waals surface area contributed by atoms with E-state index in [2.05, 4.69) is 22.8 Å². The molecule has 2 aromatic carbocycles. The molecular weight excluding hydrogens is 360 g/mol. The summed E-state index contributed by atoms with van der Waals surface area (Å²) in [7, 11) is 0. The van der Waals surface area contributed by atoms with Gasteiger partial charge in [-0.25, -0.2) is 0 Å². The molecule has 0 bridgehead atoms. The van der Waals surface area contributed by atoms with Gasteiger partial charge in [0.05, 0.1) is 11.5 Å². The van der Waals surface area contributed by atoms with E-state index < -0.39 is 0 Å². The molecule has 1 aliphatic heterocycles. The summed E-state index contributed by atoms with van der Waals surface area (Å²) in [4.78, 5) is 25.6. The molecule has 2 N–H and O–H groups in total. The Morgan fingerprint density at radius 3 is 2.59 bits per heavy atom. The van der Waals surface area contributed by atoms with Crippen molar-refractivity contribution in [1.29, 1.82) is 0 Å². The van der Waals surface area contributed by atoms with Crippen molar-refractivity contribution in [2.24, 2.45) is 0 Å². The molecule has 2 heterocycles. The van der Waals surface area contributed by atoms with Gasteiger partial charge in [0.2, 0.25) is 5.91 Å². The van der Waals surface area contributed by atoms with Crippen LogP contribution in [-0.4, -0.2) is 17.1 Å². The molecule has 136 valence electrons. The molecule has 2 amide bonds. The number of nitrogens with one attached hydrogen (secondary N) is 2. The summed E-state index contributed by atoms with van der Waals surface area (Å²) in [6.45, 7) is 0.457. The number of fused-ring (bicyclic) bond motifs is 1. The number of amides is 2. The van der Waals surface area contributed by atoms with Crippen molar-refractivity contribution in [3.63, 3.8) is 0 Å². The van der Waals surface area contributed by atoms with Crippen molar-refractivity contribution in [1.82, 2.24) is 5.32 Å². The van der Waals surface area contributed by atoms with Crippen molar-refractivity contribution in [2.45, 2.75) is 23.1 Å². The number of hydrogen-bond acceptors (Lipinski definition) is 4. The third-order valence-electron chi connectivity index (χ3n) is 4.36. The first-order valence-electron chi connectivity index (χ1n) is 8.65. The summed E-state index contributed by atoms with van der Waals surface area (Å²) in [6.07, 6.45) is 2.23. The van der Waals surface area contributed by atoms with Gasteiger partial charge in [0, 0.05) is 17.1 Å². The van der Waals surface area contributed by atoms with Gasteiger partial charge in [-0.3, -0.25) is 9.59 Å². The molecule has 1 aliphatic rings. The van der Waals surface area contributed by atoms with E-state index in [1.165, 1.54) is 16.7 Å². The van der Waals surface area contributed by atoms with Crippen molar-refractivity contribution in [2.75, 3.05) is 5.32 Å². The van der Waals surface area contributed by atoms with E-state index in [0.717, 1.165) is 12.0 Å². The van der Waals surface area contributed by atoms with Crippen LogP contribution in [0, 0.1) is 0 Å². The maximum Gasteiger partial charge on any atom is 0.291 e. The van der Waals surface area contributed by atoms with Gasteiger partial charge in [0.1, 0.15) is 0 Å². The van der Waals surface area contributed by atoms with E-state index in [9.17, 15) is 9.59 Å². The third kappa shape index (κ3) is 4.06. The van der Waals surface area contributed by atoms with Crippen LogP contribution in [0.1, 0.15) is 21.7 Å². The number of hydrogen-bond donors (Lipinski definition) is 2. The normalized spacial score (nSPS) is 15.2. The Bertz CT molecular complexity index is 927. The lowest BCUT2D eigenvalue weighted by atomic mass is 10.1. The third-order valence-corrected chi connectivity index (χ3v) is 5.68. The number of benzene rings is 2. The van der Waals surface area contributed by atoms with Gasteiger partial charge in [-0.15, -0.1) is 11.8 Å². The van der Waals surface area contributed by atoms with E-state index in [1.807, 2.05) is 36.4 Å². The topological polar surface area (TPSA) is 71.3 Å². The maximum absolute atomic E-state index is 12.4. The highest BCUT2D eigenvalue weighted by Crippen LogP contribution is 2.36. The minimum absolute atomic E-state index is 0.0476. The Morgan fingerprint density at radius 1 is 1.04 bits per heavy atom. The summed E-state index contributed by atoms with van der Waals surface area (Å²) in [5, 5.41) is 5.69. The smallest absolute Gasteiger partial charge is 0.291 e. The molecular formula is C21H18N2O3S. The lowest BCUT2D eigenvalue weighted by Gasteiger charge is -2.10. The van der Waals surface area contributed by atoms with Crippen molar-refractivity contribution in [3.05, 3.63) is 83.8 Å². The predicted molar refractivity (Wildman–Crippen MR) is 105 cm³/mol. The zero-order valence-electron chi connectivity index (χ0n) is 14.5. The number of furan rings is 1. The largest absolute Gasteiger partial charge is 0.459 e. The van der Waals surface area contributed by atoms with Crippen LogP contribution < -0.4 is 10.6 Å². The van der Waals surface area contributed by atoms with Crippen molar-refractivity contribution >= 4 is 29.3 Å². The number of rotatable bonds is 5. The van der Waals surface area contributed by atoms with Gasteiger partial charge in [-0.2, -0.15) is 0 Å². The minimum atomic E-state index is -0.293. The minimum Gasteiger partial charge on any atom is -0.459 e. The fourth-order valence-corrected chi connectivity index (χ4v) is 4.16. The molecule has 27 heavy (non-hydrogen) atoms. The summed E-state index contributed by atoms with van der Waals surface area (Å²) in [6, 6.07) is 18.8. The van der Waals surface area contributed by atoms with Crippen molar-refractivity contribution in [3.8, 4) is 0 Å². The zero-order valence-corrected chi connectivity index (χ0v) is 15.3. The predicted octanol–water partition coefficient (Wildman–Crippen LogP) is 3.87. The van der Waals surface area contributed by atoms with Crippen LogP contribution >= 0.6 is 11.8 Å². The zero-order chi connectivity index (χ0) is 18.6. The lowest BCUT2D eigenvalue weighted by Crippen LogP contribution is -2.31. The highest BCUT2D eigenvalue weighted by atomic mass is 32.2. The molecule has 1 unspecified atom stereocenters. The molecule has 0 radical (unpaired) electrons. The molecule has 1 aromatic heterocycles. The van der Waals surface area contributed by atoms with E-state index >= 15 is 0 Å². The molecule has 0 saturated heterocycles. The SMILES string of the molecule is O=C(Nc1ccc(CNC(=O)C2Cc3ccccc3S2)cc1)c1ccco1. The summed E-state index contributed by atoms with van der Waals surface area (Å²) in [5.41, 5.74) is 2.88. The fourth-order valence-electron chi connectivity index (χ4n) is 2.94. The molecule has 0 saturated carbocycles. The Hall–Kier alpha value is -2.99. The van der Waals surface area contributed by atoms with Gasteiger partial charge in [-0.1, -0.05) is 30.3 Å². The van der Waals surface area contributed by atoms with E-state index in [0.29, 0.717) is 12.2 Å². The Morgan fingerprint density at radius 2 is 1.85 bits per heavy atom. The maximum atomic E-state index is 12.4. The Balaban J connectivity index is 1.29. The highest BCUT2D eigenvalue weighted by molar-refractivity contribution is 8.01. The molecule has 0 fully saturated rings. The molecule has 4 rings (SSSR count). The Labute approximate surface area is 161 Å². The van der Waals surface area contributed by atoms with Crippen LogP contribution in [0.3, 0.4) is 0 Å². The van der Waals surface area contributed by atoms with E-state index in [1.54, 1.807) is 23.9 Å². The quantitative estimate of drug-likeness (QED) is 0.707. The van der Waals surface area contributed by atoms with Gasteiger partial charge < -0.3 is 15.1 Å². The molecule has 3 aromatic rings.